The van der Waals surface area contributed by atoms with E-state index in [-0.39, 0.29) is 0 Å². The number of benzene rings is 19. The Kier molecular flexibility index (Phi) is 18.3. The van der Waals surface area contributed by atoms with E-state index in [2.05, 4.69) is 356 Å². The van der Waals surface area contributed by atoms with Crippen LogP contribution in [-0.2, 0) is 22.7 Å². The molecule has 0 fully saturated rings. The maximum atomic E-state index is 10.2. The molecule has 146 heavy (non-hydrogen) atoms. The summed E-state index contributed by atoms with van der Waals surface area (Å²) < 4.78 is 22.7. The number of aryl methyl sites for hydroxylation is 1. The SMILES string of the molecule is CCc1nc2ccccc2n1-c1ccc2c(c1)C1(c3ccccc3-2)c2ccccc2-c2c1ccc1occ(C#N)c21.N#Cc1ccc(-c2coc3ccc4c(c23)-c2ccccc2C42c3ccccc3-c3ccc(-c4nc5ccccc5n4-c4ccccc4)cc32)cc1.N#Cc1coc2ccc3c(c12)-c1ccc(-c2ccc(-c4nc(-c5ccccc5)nc(-c5ccccc5)n4)cc2)cc1C31c2ccccc2-c2ccccc21. The van der Waals surface area contributed by atoms with Crippen molar-refractivity contribution in [3.05, 3.63) is 533 Å². The first kappa shape index (κ1) is 83.2. The fourth-order valence-corrected chi connectivity index (χ4v) is 25.2. The second-order valence-electron chi connectivity index (χ2n) is 38.1. The van der Waals surface area contributed by atoms with E-state index in [4.69, 9.17) is 38.2 Å². The van der Waals surface area contributed by atoms with Gasteiger partial charge in [0.1, 0.15) is 53.1 Å². The molecule has 0 amide bonds. The van der Waals surface area contributed by atoms with Crippen LogP contribution in [0.25, 0.3) is 201 Å². The number of rotatable bonds is 9. The van der Waals surface area contributed by atoms with Gasteiger partial charge in [0, 0.05) is 61.8 Å². The standard InChI is InChI=1S/C49H28N4O.C47H27N3O.C37H23N3O/c50-28-35-29-54-43-26-25-41-45(44(35)43)38-24-23-34(27-42(38)49(41)39-17-9-7-15-36(39)37-16-8-10-18-40(37)49)30-19-21-33(22-20-30)48-52-46(31-11-3-1-4-12-31)51-47(53-48)32-13-5-2-6-14-32;48-27-29-18-20-30(21-19-29)36-28-51-43-25-24-39-44(45(36)43)35-13-5-7-15-38(35)47(39)37-14-6-4-12-33(37)34-23-22-31(26-40(34)47)46-49-41-16-8-9-17-42(41)50(46)32-10-2-1-3-11-32;1-2-34-39-31-13-7-8-14-32(31)40(34)23-15-16-25-24-9-3-5-11-27(24)37(30(25)19-23)28-12-6-4-10-26(28)36-29(37)17-18-33-35(36)22(20-38)21-41-33/h1-27,29H;1-26,28H;3-19,21H,2H2,1H3. The number of imidazole rings is 2. The molecule has 678 valence electrons. The first-order chi connectivity index (χ1) is 72.2. The lowest BCUT2D eigenvalue weighted by Crippen LogP contribution is -2.26. The van der Waals surface area contributed by atoms with Gasteiger partial charge < -0.3 is 13.3 Å². The molecule has 6 aliphatic rings. The largest absolute Gasteiger partial charge is 0.464 e. The molecule has 6 aromatic heterocycles. The van der Waals surface area contributed by atoms with Crippen LogP contribution in [0, 0.1) is 34.0 Å². The van der Waals surface area contributed by atoms with Gasteiger partial charge in [-0.15, -0.1) is 0 Å². The van der Waals surface area contributed by atoms with Gasteiger partial charge in [0.15, 0.2) is 17.5 Å². The predicted molar refractivity (Wildman–Crippen MR) is 576 cm³/mol. The molecule has 19 aromatic carbocycles. The van der Waals surface area contributed by atoms with Crippen LogP contribution < -0.4 is 0 Å². The van der Waals surface area contributed by atoms with E-state index in [9.17, 15) is 15.8 Å². The van der Waals surface area contributed by atoms with Crippen molar-refractivity contribution in [1.29, 1.82) is 15.8 Å². The highest BCUT2D eigenvalue weighted by Gasteiger charge is 2.56. The minimum atomic E-state index is -0.557. The van der Waals surface area contributed by atoms with Crippen LogP contribution >= 0.6 is 0 Å². The van der Waals surface area contributed by atoms with Gasteiger partial charge in [-0.25, -0.2) is 24.9 Å². The summed E-state index contributed by atoms with van der Waals surface area (Å²) >= 11 is 0. The van der Waals surface area contributed by atoms with Crippen molar-refractivity contribution < 1.29 is 13.3 Å². The topological polar surface area (TPSA) is 185 Å². The van der Waals surface area contributed by atoms with Crippen molar-refractivity contribution in [1.82, 2.24) is 34.1 Å². The zero-order valence-corrected chi connectivity index (χ0v) is 78.6. The minimum Gasteiger partial charge on any atom is -0.464 e. The van der Waals surface area contributed by atoms with Gasteiger partial charge in [-0.05, 0) is 241 Å². The number of aromatic nitrogens is 7. The first-order valence-electron chi connectivity index (χ1n) is 49.2. The van der Waals surface area contributed by atoms with Crippen LogP contribution in [0.2, 0.25) is 0 Å². The Balaban J connectivity index is 0.000000105. The molecule has 0 N–H and O–H groups in total. The van der Waals surface area contributed by atoms with Gasteiger partial charge in [-0.1, -0.05) is 341 Å². The number of nitrogens with zero attached hydrogens (tertiary/aromatic N) is 10. The normalized spacial score (nSPS) is 14.6. The number of hydrogen-bond acceptors (Lipinski definition) is 11. The molecular weight excluding hydrogens is 1790 g/mol. The molecule has 2 atom stereocenters. The Morgan fingerprint density at radius 2 is 0.603 bits per heavy atom. The van der Waals surface area contributed by atoms with Crippen LogP contribution in [0.4, 0.5) is 0 Å². The molecule has 13 nitrogen and oxygen atoms in total. The van der Waals surface area contributed by atoms with Crippen LogP contribution in [0.5, 0.6) is 0 Å². The number of nitriles is 3. The fraction of sp³-hybridized carbons (Fsp3) is 0.0376. The Morgan fingerprint density at radius 3 is 1.10 bits per heavy atom. The molecule has 3 spiro atoms. The summed E-state index contributed by atoms with van der Waals surface area (Å²) in [6.45, 7) is 2.16. The second kappa shape index (κ2) is 32.1. The summed E-state index contributed by atoms with van der Waals surface area (Å²) in [6.07, 6.45) is 5.87. The maximum absolute atomic E-state index is 10.2. The fourth-order valence-electron chi connectivity index (χ4n) is 25.2. The van der Waals surface area contributed by atoms with Crippen molar-refractivity contribution in [3.63, 3.8) is 0 Å². The molecule has 0 saturated carbocycles. The van der Waals surface area contributed by atoms with E-state index in [1.54, 1.807) is 12.5 Å². The molecule has 25 aromatic rings. The van der Waals surface area contributed by atoms with Crippen molar-refractivity contribution in [2.24, 2.45) is 0 Å². The Labute approximate surface area is 838 Å². The summed E-state index contributed by atoms with van der Waals surface area (Å²) in [5.41, 5.74) is 46.0. The van der Waals surface area contributed by atoms with Gasteiger partial charge in [-0.3, -0.25) is 9.13 Å². The molecule has 0 bridgehead atoms. The molecule has 6 aliphatic carbocycles. The van der Waals surface area contributed by atoms with E-state index in [0.29, 0.717) is 34.2 Å². The molecule has 31 rings (SSSR count). The molecule has 0 saturated heterocycles. The van der Waals surface area contributed by atoms with Crippen LogP contribution in [0.1, 0.15) is 96.2 Å². The third kappa shape index (κ3) is 11.7. The maximum Gasteiger partial charge on any atom is 0.164 e. The highest BCUT2D eigenvalue weighted by molar-refractivity contribution is 6.13. The van der Waals surface area contributed by atoms with Crippen molar-refractivity contribution >= 4 is 55.0 Å². The predicted octanol–water partition coefficient (Wildman–Crippen LogP) is 31.4. The van der Waals surface area contributed by atoms with Gasteiger partial charge in [0.25, 0.3) is 0 Å². The highest BCUT2D eigenvalue weighted by Crippen LogP contribution is 2.69. The van der Waals surface area contributed by atoms with E-state index in [1.807, 2.05) is 109 Å². The van der Waals surface area contributed by atoms with E-state index >= 15 is 0 Å². The number of hydrogen-bond donors (Lipinski definition) is 0. The Bertz CT molecular complexity index is 9890. The van der Waals surface area contributed by atoms with Crippen molar-refractivity contribution in [2.45, 2.75) is 29.6 Å². The van der Waals surface area contributed by atoms with Gasteiger partial charge in [0.05, 0.1) is 67.3 Å². The quantitative estimate of drug-likeness (QED) is 0.134. The third-order valence-corrected chi connectivity index (χ3v) is 31.1. The Hall–Kier alpha value is -19.8. The molecule has 6 heterocycles. The lowest BCUT2D eigenvalue weighted by atomic mass is 9.70. The van der Waals surface area contributed by atoms with Crippen molar-refractivity contribution in [3.8, 4) is 164 Å². The van der Waals surface area contributed by atoms with E-state index in [0.717, 1.165) is 151 Å². The number of para-hydroxylation sites is 5. The lowest BCUT2D eigenvalue weighted by molar-refractivity contribution is 0.614. The average Bonchev–Trinajstić information content (AvgIpc) is 1.51. The molecular formula is C133H78N10O3. The molecule has 0 radical (unpaired) electrons. The van der Waals surface area contributed by atoms with E-state index in [1.165, 1.54) is 111 Å². The zero-order valence-electron chi connectivity index (χ0n) is 78.6. The second-order valence-corrected chi connectivity index (χ2v) is 38.1. The van der Waals surface area contributed by atoms with Crippen molar-refractivity contribution in [2.75, 3.05) is 0 Å². The zero-order chi connectivity index (χ0) is 96.8. The lowest BCUT2D eigenvalue weighted by Gasteiger charge is -2.30. The van der Waals surface area contributed by atoms with Gasteiger partial charge >= 0.3 is 0 Å². The van der Waals surface area contributed by atoms with Crippen LogP contribution in [0.15, 0.2) is 457 Å². The van der Waals surface area contributed by atoms with Gasteiger partial charge in [-0.2, -0.15) is 15.8 Å². The van der Waals surface area contributed by atoms with Gasteiger partial charge in [0.2, 0.25) is 0 Å². The minimum absolute atomic E-state index is 0.519. The Morgan fingerprint density at radius 1 is 0.247 bits per heavy atom. The summed E-state index contributed by atoms with van der Waals surface area (Å²) in [6, 6.07) is 157. The monoisotopic (exact) mass is 1860 g/mol. The smallest absolute Gasteiger partial charge is 0.164 e. The summed E-state index contributed by atoms with van der Waals surface area (Å²) in [5, 5.41) is 32.6. The average molecular weight is 1860 g/mol. The summed E-state index contributed by atoms with van der Waals surface area (Å²) in [5.74, 6) is 3.85. The first-order valence-corrected chi connectivity index (χ1v) is 49.2. The number of fused-ring (bicyclic) bond motifs is 38. The summed E-state index contributed by atoms with van der Waals surface area (Å²) in [4.78, 5) is 25.0. The molecule has 0 aliphatic heterocycles. The third-order valence-electron chi connectivity index (χ3n) is 31.1. The van der Waals surface area contributed by atoms with E-state index < -0.39 is 16.2 Å². The number of furan rings is 3. The van der Waals surface area contributed by atoms with Crippen LogP contribution in [-0.4, -0.2) is 34.1 Å². The highest BCUT2D eigenvalue weighted by atomic mass is 16.3. The molecule has 2 unspecified atom stereocenters. The van der Waals surface area contributed by atoms with Crippen LogP contribution in [0.3, 0.4) is 0 Å². The molecule has 13 heteroatoms. The summed E-state index contributed by atoms with van der Waals surface area (Å²) in [7, 11) is 0.